The molecule has 3 rings (SSSR count). The molecule has 1 aliphatic rings. The SMILES string of the molecule is CCCCCN1C(=O)C(=O)/C(=C(\O)c2ccc(OCC(C)C)cc2)C1c1ccc(C)o1. The smallest absolute Gasteiger partial charge is 0.295 e. The molecule has 1 unspecified atom stereocenters. The van der Waals surface area contributed by atoms with E-state index in [-0.39, 0.29) is 11.3 Å². The Morgan fingerprint density at radius 1 is 1.13 bits per heavy atom. The summed E-state index contributed by atoms with van der Waals surface area (Å²) in [6.45, 7) is 9.04. The molecule has 6 nitrogen and oxygen atoms in total. The fraction of sp³-hybridized carbons (Fsp3) is 0.440. The number of benzene rings is 1. The molecule has 166 valence electrons. The molecule has 0 bridgehead atoms. The molecule has 0 radical (unpaired) electrons. The number of nitrogens with zero attached hydrogens (tertiary/aromatic N) is 1. The van der Waals surface area contributed by atoms with Gasteiger partial charge in [-0.15, -0.1) is 0 Å². The summed E-state index contributed by atoms with van der Waals surface area (Å²) in [5.41, 5.74) is 0.517. The largest absolute Gasteiger partial charge is 0.507 e. The summed E-state index contributed by atoms with van der Waals surface area (Å²) in [7, 11) is 0. The highest BCUT2D eigenvalue weighted by Crippen LogP contribution is 2.40. The van der Waals surface area contributed by atoms with Crippen molar-refractivity contribution >= 4 is 17.4 Å². The lowest BCUT2D eigenvalue weighted by Gasteiger charge is -2.23. The van der Waals surface area contributed by atoms with E-state index in [2.05, 4.69) is 20.8 Å². The van der Waals surface area contributed by atoms with Crippen molar-refractivity contribution in [2.24, 2.45) is 5.92 Å². The van der Waals surface area contributed by atoms with E-state index in [4.69, 9.17) is 9.15 Å². The van der Waals surface area contributed by atoms with E-state index in [1.165, 1.54) is 4.90 Å². The molecule has 1 N–H and O–H groups in total. The van der Waals surface area contributed by atoms with Gasteiger partial charge in [-0.05, 0) is 55.7 Å². The van der Waals surface area contributed by atoms with Gasteiger partial charge in [0.15, 0.2) is 0 Å². The predicted molar refractivity (Wildman–Crippen MR) is 119 cm³/mol. The van der Waals surface area contributed by atoms with Crippen LogP contribution in [-0.4, -0.2) is 34.8 Å². The first-order chi connectivity index (χ1) is 14.8. The zero-order valence-electron chi connectivity index (χ0n) is 18.7. The second kappa shape index (κ2) is 9.86. The number of likely N-dealkylation sites (tertiary alicyclic amines) is 1. The number of ether oxygens (including phenoxy) is 1. The second-order valence-electron chi connectivity index (χ2n) is 8.38. The molecule has 0 spiro atoms. The molecule has 2 aromatic rings. The summed E-state index contributed by atoms with van der Waals surface area (Å²) < 4.78 is 11.5. The summed E-state index contributed by atoms with van der Waals surface area (Å²) in [5.74, 6) is 0.747. The van der Waals surface area contributed by atoms with Crippen molar-refractivity contribution in [2.45, 2.75) is 53.0 Å². The van der Waals surface area contributed by atoms with Crippen molar-refractivity contribution in [3.05, 3.63) is 59.1 Å². The average molecular weight is 426 g/mol. The van der Waals surface area contributed by atoms with Crippen LogP contribution in [0.4, 0.5) is 0 Å². The highest BCUT2D eigenvalue weighted by Gasteiger charge is 2.47. The van der Waals surface area contributed by atoms with Crippen molar-refractivity contribution in [2.75, 3.05) is 13.2 Å². The van der Waals surface area contributed by atoms with Gasteiger partial charge >= 0.3 is 0 Å². The molecular weight excluding hydrogens is 394 g/mol. The third-order valence-corrected chi connectivity index (χ3v) is 5.28. The van der Waals surface area contributed by atoms with E-state index >= 15 is 0 Å². The maximum absolute atomic E-state index is 12.9. The van der Waals surface area contributed by atoms with Crippen molar-refractivity contribution < 1.29 is 23.8 Å². The van der Waals surface area contributed by atoms with E-state index in [0.717, 1.165) is 19.3 Å². The Bertz CT molecular complexity index is 955. The lowest BCUT2D eigenvalue weighted by molar-refractivity contribution is -0.140. The normalized spacial score (nSPS) is 18.2. The standard InChI is InChI=1S/C25H31NO5/c1-5-6-7-14-26-22(20-13-8-17(4)31-20)21(24(28)25(26)29)23(27)18-9-11-19(12-10-18)30-15-16(2)3/h8-13,16,22,27H,5-7,14-15H2,1-4H3/b23-21-. The number of amides is 1. The Balaban J connectivity index is 1.97. The number of carbonyl (C=O) groups excluding carboxylic acids is 2. The van der Waals surface area contributed by atoms with Crippen LogP contribution in [0.25, 0.3) is 5.76 Å². The number of unbranched alkanes of at least 4 members (excludes halogenated alkanes) is 2. The van der Waals surface area contributed by atoms with Gasteiger partial charge in [-0.2, -0.15) is 0 Å². The van der Waals surface area contributed by atoms with Crippen LogP contribution < -0.4 is 4.74 Å². The Morgan fingerprint density at radius 3 is 2.42 bits per heavy atom. The maximum Gasteiger partial charge on any atom is 0.295 e. The zero-order valence-corrected chi connectivity index (χ0v) is 18.7. The lowest BCUT2D eigenvalue weighted by atomic mass is 9.99. The molecule has 1 aliphatic heterocycles. The predicted octanol–water partition coefficient (Wildman–Crippen LogP) is 5.23. The van der Waals surface area contributed by atoms with Crippen LogP contribution in [0.3, 0.4) is 0 Å². The average Bonchev–Trinajstić information content (AvgIpc) is 3.28. The second-order valence-corrected chi connectivity index (χ2v) is 8.38. The first-order valence-electron chi connectivity index (χ1n) is 10.9. The number of aliphatic hydroxyl groups is 1. The number of carbonyl (C=O) groups is 2. The van der Waals surface area contributed by atoms with Crippen LogP contribution in [0, 0.1) is 12.8 Å². The van der Waals surface area contributed by atoms with Gasteiger partial charge in [0.25, 0.3) is 11.7 Å². The number of hydrogen-bond acceptors (Lipinski definition) is 5. The number of furan rings is 1. The highest BCUT2D eigenvalue weighted by molar-refractivity contribution is 6.46. The van der Waals surface area contributed by atoms with Crippen LogP contribution in [-0.2, 0) is 9.59 Å². The minimum Gasteiger partial charge on any atom is -0.507 e. The number of aliphatic hydroxyl groups excluding tert-OH is 1. The molecular formula is C25H31NO5. The third kappa shape index (κ3) is 5.01. The van der Waals surface area contributed by atoms with E-state index in [9.17, 15) is 14.7 Å². The highest BCUT2D eigenvalue weighted by atomic mass is 16.5. The minimum atomic E-state index is -0.734. The lowest BCUT2D eigenvalue weighted by Crippen LogP contribution is -2.30. The number of rotatable bonds is 9. The molecule has 1 atom stereocenters. The van der Waals surface area contributed by atoms with Crippen LogP contribution >= 0.6 is 0 Å². The summed E-state index contributed by atoms with van der Waals surface area (Å²) in [4.78, 5) is 27.2. The van der Waals surface area contributed by atoms with Gasteiger partial charge in [0.05, 0.1) is 12.2 Å². The number of hydrogen-bond donors (Lipinski definition) is 1. The molecule has 1 amide bonds. The van der Waals surface area contributed by atoms with Gasteiger partial charge in [-0.3, -0.25) is 9.59 Å². The van der Waals surface area contributed by atoms with Crippen LogP contribution in [0.1, 0.15) is 63.2 Å². The molecule has 1 saturated heterocycles. The van der Waals surface area contributed by atoms with Crippen LogP contribution in [0.5, 0.6) is 5.75 Å². The van der Waals surface area contributed by atoms with Gasteiger partial charge in [0, 0.05) is 12.1 Å². The van der Waals surface area contributed by atoms with E-state index < -0.39 is 17.7 Å². The summed E-state index contributed by atoms with van der Waals surface area (Å²) in [6, 6.07) is 9.71. The minimum absolute atomic E-state index is 0.0618. The molecule has 2 heterocycles. The van der Waals surface area contributed by atoms with Gasteiger partial charge < -0.3 is 19.2 Å². The Kier molecular flexibility index (Phi) is 7.21. The van der Waals surface area contributed by atoms with Crippen molar-refractivity contribution in [1.82, 2.24) is 4.90 Å². The van der Waals surface area contributed by atoms with E-state index in [1.54, 1.807) is 36.4 Å². The van der Waals surface area contributed by atoms with Gasteiger partial charge in [-0.1, -0.05) is 33.6 Å². The molecule has 31 heavy (non-hydrogen) atoms. The fourth-order valence-corrected chi connectivity index (χ4v) is 3.67. The number of aryl methyl sites for hydroxylation is 1. The zero-order chi connectivity index (χ0) is 22.5. The van der Waals surface area contributed by atoms with Crippen molar-refractivity contribution in [3.8, 4) is 5.75 Å². The molecule has 1 aromatic carbocycles. The monoisotopic (exact) mass is 425 g/mol. The number of Topliss-reactive ketones (excluding diaryl/α,β-unsaturated/α-hetero) is 1. The molecule has 1 aromatic heterocycles. The Hall–Kier alpha value is -3.02. The molecule has 6 heteroatoms. The van der Waals surface area contributed by atoms with E-state index in [0.29, 0.717) is 41.9 Å². The van der Waals surface area contributed by atoms with Crippen LogP contribution in [0.2, 0.25) is 0 Å². The topological polar surface area (TPSA) is 80.0 Å². The number of ketones is 1. The Labute approximate surface area is 183 Å². The van der Waals surface area contributed by atoms with Crippen molar-refractivity contribution in [3.63, 3.8) is 0 Å². The van der Waals surface area contributed by atoms with Gasteiger partial charge in [0.1, 0.15) is 29.1 Å². The summed E-state index contributed by atoms with van der Waals surface area (Å²) in [6.07, 6.45) is 2.73. The first kappa shape index (κ1) is 22.7. The Morgan fingerprint density at radius 2 is 1.84 bits per heavy atom. The maximum atomic E-state index is 12.9. The summed E-state index contributed by atoms with van der Waals surface area (Å²) >= 11 is 0. The molecule has 0 aliphatic carbocycles. The van der Waals surface area contributed by atoms with Crippen LogP contribution in [0.15, 0.2) is 46.4 Å². The molecule has 0 saturated carbocycles. The van der Waals surface area contributed by atoms with Gasteiger partial charge in [-0.25, -0.2) is 0 Å². The third-order valence-electron chi connectivity index (χ3n) is 5.28. The van der Waals surface area contributed by atoms with Gasteiger partial charge in [0.2, 0.25) is 0 Å². The van der Waals surface area contributed by atoms with Crippen molar-refractivity contribution in [1.29, 1.82) is 0 Å². The quantitative estimate of drug-likeness (QED) is 0.257. The van der Waals surface area contributed by atoms with E-state index in [1.807, 2.05) is 6.92 Å². The summed E-state index contributed by atoms with van der Waals surface area (Å²) in [5, 5.41) is 11.0. The molecule has 1 fully saturated rings. The first-order valence-corrected chi connectivity index (χ1v) is 10.9. The fourth-order valence-electron chi connectivity index (χ4n) is 3.67.